The summed E-state index contributed by atoms with van der Waals surface area (Å²) in [6.07, 6.45) is -9.99. The number of pyridine rings is 1. The Morgan fingerprint density at radius 2 is 1.55 bits per heavy atom. The number of halogens is 11. The number of aromatic nitrogens is 3. The molecule has 2 unspecified atom stereocenters. The lowest BCUT2D eigenvalue weighted by Crippen LogP contribution is -2.40. The molecule has 0 spiro atoms. The maximum atomic E-state index is 15.1. The fraction of sp³-hybridized carbons (Fsp3) is 0.490. The number of hydrogen-bond donors (Lipinski definition) is 3. The van der Waals surface area contributed by atoms with Gasteiger partial charge in [-0.05, 0) is 97.5 Å². The van der Waals surface area contributed by atoms with Gasteiger partial charge in [0.15, 0.2) is 10.6 Å². The van der Waals surface area contributed by atoms with Crippen LogP contribution in [0.5, 0.6) is 0 Å². The fourth-order valence-electron chi connectivity index (χ4n) is 7.56. The number of rotatable bonds is 27. The summed E-state index contributed by atoms with van der Waals surface area (Å²) in [6, 6.07) is 5.91. The SMILES string of the molecule is COCCOCCOCCOCCOCC(=O)N(SC)c1nn(CC(F)(F)F)c2c(-c3ccc(C#CC(C)(C)[S+](C)[O-])nc3C(Cc3cc(F)cc(F)c3)NC(=O)CNC3=C(C(=N)C(F)(F)F)CCC3(F)F)ccc(Cl)c12. The van der Waals surface area contributed by atoms with Crippen LogP contribution in [0.3, 0.4) is 0 Å². The monoisotopic (exact) mass is 1160 g/mol. The average molecular weight is 1160 g/mol. The van der Waals surface area contributed by atoms with Gasteiger partial charge in [-0.25, -0.2) is 18.1 Å². The van der Waals surface area contributed by atoms with Gasteiger partial charge < -0.3 is 38.9 Å². The van der Waals surface area contributed by atoms with Crippen molar-refractivity contribution in [3.8, 4) is 23.0 Å². The van der Waals surface area contributed by atoms with Crippen molar-refractivity contribution in [2.75, 3.05) is 89.9 Å². The summed E-state index contributed by atoms with van der Waals surface area (Å²) in [4.78, 5) is 32.4. The lowest BCUT2D eigenvalue weighted by molar-refractivity contribution is -0.141. The summed E-state index contributed by atoms with van der Waals surface area (Å²) in [5, 5.41) is 16.0. The van der Waals surface area contributed by atoms with Crippen molar-refractivity contribution < 1.29 is 81.7 Å². The molecule has 1 aliphatic rings. The van der Waals surface area contributed by atoms with E-state index in [-0.39, 0.29) is 76.2 Å². The van der Waals surface area contributed by atoms with E-state index in [4.69, 9.17) is 40.7 Å². The predicted octanol–water partition coefficient (Wildman–Crippen LogP) is 8.68. The number of fused-ring (bicyclic) bond motifs is 1. The number of hydrogen-bond acceptors (Lipinski definition) is 13. The number of carbonyl (C=O) groups is 2. The standard InChI is InChI=1S/C49H54ClF10N7O8S2/c1-46(2,77(5)70)12-10-32-6-7-33(41(63-32)37(24-29-22-30(51)25-31(52)23-29)64-38(68)26-62-44-35(11-13-47(44,53)54)43(61)49(58,59)60)34-8-9-36(50)40-42(34)66(28-48(55,56)57)65-45(40)67(76-4)39(69)27-75-21-20-74-19-18-73-17-16-72-15-14-71-3/h6-9,22-23,25,37,61-62H,11,13-21,24,26-28H2,1-5H3,(H,64,68). The first-order valence-corrected chi connectivity index (χ1v) is 26.4. The fourth-order valence-corrected chi connectivity index (χ4v) is 8.55. The molecule has 2 aromatic heterocycles. The van der Waals surface area contributed by atoms with Crippen LogP contribution in [0.2, 0.25) is 5.02 Å². The van der Waals surface area contributed by atoms with Crippen LogP contribution in [0.1, 0.15) is 49.7 Å². The second-order valence-electron chi connectivity index (χ2n) is 17.4. The molecule has 2 aromatic carbocycles. The van der Waals surface area contributed by atoms with Crippen LogP contribution in [0.25, 0.3) is 22.0 Å². The zero-order chi connectivity index (χ0) is 56.9. The second-order valence-corrected chi connectivity index (χ2v) is 20.5. The van der Waals surface area contributed by atoms with E-state index in [0.717, 1.165) is 28.4 Å². The smallest absolute Gasteiger partial charge is 0.433 e. The largest absolute Gasteiger partial charge is 0.615 e. The number of allylic oxidation sites excluding steroid dienone is 2. The Balaban J connectivity index is 1.59. The molecule has 2 amide bonds. The first-order chi connectivity index (χ1) is 36.2. The Morgan fingerprint density at radius 3 is 2.12 bits per heavy atom. The van der Waals surface area contributed by atoms with E-state index in [1.165, 1.54) is 36.8 Å². The van der Waals surface area contributed by atoms with Gasteiger partial charge in [-0.15, -0.1) is 0 Å². The third-order valence-electron chi connectivity index (χ3n) is 11.3. The number of nitrogens with zero attached hydrogens (tertiary/aromatic N) is 4. The molecule has 1 aliphatic carbocycles. The number of benzene rings is 2. The summed E-state index contributed by atoms with van der Waals surface area (Å²) in [6.45, 7) is 1.55. The van der Waals surface area contributed by atoms with Gasteiger partial charge in [0, 0.05) is 42.6 Å². The number of anilines is 1. The van der Waals surface area contributed by atoms with Gasteiger partial charge in [0.05, 0.1) is 99.0 Å². The first kappa shape index (κ1) is 62.7. The molecule has 2 atom stereocenters. The molecule has 2 heterocycles. The van der Waals surface area contributed by atoms with Crippen molar-refractivity contribution in [2.24, 2.45) is 0 Å². The van der Waals surface area contributed by atoms with E-state index in [9.17, 15) is 49.3 Å². The number of amides is 2. The highest BCUT2D eigenvalue weighted by atomic mass is 35.5. The van der Waals surface area contributed by atoms with Crippen molar-refractivity contribution in [3.63, 3.8) is 0 Å². The third kappa shape index (κ3) is 17.7. The Labute approximate surface area is 448 Å². The van der Waals surface area contributed by atoms with Gasteiger partial charge in [-0.1, -0.05) is 17.7 Å². The molecule has 28 heteroatoms. The highest BCUT2D eigenvalue weighted by Gasteiger charge is 2.48. The molecule has 5 rings (SSSR count). The van der Waals surface area contributed by atoms with Crippen LogP contribution in [0, 0.1) is 28.9 Å². The lowest BCUT2D eigenvalue weighted by atomic mass is 9.93. The van der Waals surface area contributed by atoms with Gasteiger partial charge in [-0.3, -0.25) is 19.7 Å². The predicted molar refractivity (Wildman–Crippen MR) is 269 cm³/mol. The van der Waals surface area contributed by atoms with Crippen LogP contribution in [0.15, 0.2) is 53.7 Å². The molecule has 0 saturated carbocycles. The van der Waals surface area contributed by atoms with Crippen LogP contribution >= 0.6 is 23.5 Å². The van der Waals surface area contributed by atoms with E-state index in [1.807, 2.05) is 5.32 Å². The first-order valence-electron chi connectivity index (χ1n) is 23.2. The molecule has 3 N–H and O–H groups in total. The Hall–Kier alpha value is -5.18. The summed E-state index contributed by atoms with van der Waals surface area (Å²) >= 11 is 6.00. The molecule has 15 nitrogen and oxygen atoms in total. The zero-order valence-electron chi connectivity index (χ0n) is 42.0. The molecule has 77 heavy (non-hydrogen) atoms. The molecule has 422 valence electrons. The van der Waals surface area contributed by atoms with Gasteiger partial charge in [-0.2, -0.15) is 40.2 Å². The molecular formula is C49H54ClF10N7O8S2. The van der Waals surface area contributed by atoms with E-state index in [0.29, 0.717) is 37.2 Å². The third-order valence-corrected chi connectivity index (χ3v) is 13.9. The van der Waals surface area contributed by atoms with Crippen molar-refractivity contribution in [3.05, 3.63) is 87.3 Å². The molecule has 0 aliphatic heterocycles. The highest BCUT2D eigenvalue weighted by molar-refractivity contribution is 8.00. The normalized spacial score (nSPS) is 14.6. The van der Waals surface area contributed by atoms with Crippen LogP contribution in [-0.4, -0.2) is 145 Å². The summed E-state index contributed by atoms with van der Waals surface area (Å²) in [5.41, 5.74) is -5.52. The molecular weight excluding hydrogens is 1100 g/mol. The number of methoxy groups -OCH3 is 1. The van der Waals surface area contributed by atoms with Crippen molar-refractivity contribution >= 4 is 69.0 Å². The Bertz CT molecular complexity index is 2800. The summed E-state index contributed by atoms with van der Waals surface area (Å²) < 4.78 is 184. The number of nitrogens with one attached hydrogen (secondary N) is 3. The molecule has 0 fully saturated rings. The van der Waals surface area contributed by atoms with E-state index in [1.54, 1.807) is 21.0 Å². The average Bonchev–Trinajstić information content (AvgIpc) is 3.85. The van der Waals surface area contributed by atoms with Gasteiger partial charge >= 0.3 is 12.4 Å². The van der Waals surface area contributed by atoms with E-state index < -0.39 is 120 Å². The highest BCUT2D eigenvalue weighted by Crippen LogP contribution is 2.44. The van der Waals surface area contributed by atoms with Crippen LogP contribution in [-0.2, 0) is 57.4 Å². The van der Waals surface area contributed by atoms with Crippen LogP contribution in [0.4, 0.5) is 49.7 Å². The number of carbonyl (C=O) groups excluding carboxylic acids is 2. The summed E-state index contributed by atoms with van der Waals surface area (Å²) in [5.74, 6) is -2.79. The Morgan fingerprint density at radius 1 is 0.948 bits per heavy atom. The minimum Gasteiger partial charge on any atom is -0.615 e. The summed E-state index contributed by atoms with van der Waals surface area (Å²) in [7, 11) is 1.55. The number of ether oxygens (including phenoxy) is 5. The second kappa shape index (κ2) is 27.6. The van der Waals surface area contributed by atoms with Gasteiger partial charge in [0.25, 0.3) is 11.8 Å². The van der Waals surface area contributed by atoms with Crippen molar-refractivity contribution in [2.45, 2.75) is 68.7 Å². The number of alkyl halides is 8. The minimum absolute atomic E-state index is 0.0454. The quantitative estimate of drug-likeness (QED) is 0.0129. The van der Waals surface area contributed by atoms with E-state index in [2.05, 4.69) is 27.2 Å². The maximum absolute atomic E-state index is 15.1. The van der Waals surface area contributed by atoms with E-state index >= 15 is 8.78 Å². The van der Waals surface area contributed by atoms with Gasteiger partial charge in [0.1, 0.15) is 36.2 Å². The molecule has 0 saturated heterocycles. The Kier molecular flexibility index (Phi) is 22.5. The zero-order valence-corrected chi connectivity index (χ0v) is 44.4. The molecule has 4 aromatic rings. The van der Waals surface area contributed by atoms with Crippen LogP contribution < -0.4 is 14.9 Å². The topological polar surface area (TPSA) is 185 Å². The molecule has 0 bridgehead atoms. The van der Waals surface area contributed by atoms with Crippen molar-refractivity contribution in [1.82, 2.24) is 25.4 Å². The maximum Gasteiger partial charge on any atom is 0.433 e. The van der Waals surface area contributed by atoms with Gasteiger partial charge in [0.2, 0.25) is 5.91 Å². The molecule has 0 radical (unpaired) electrons. The minimum atomic E-state index is -5.32. The van der Waals surface area contributed by atoms with Crippen molar-refractivity contribution in [1.29, 1.82) is 5.41 Å². The lowest BCUT2D eigenvalue weighted by Gasteiger charge is -2.24.